The largest absolute Gasteiger partial charge is 0.490 e. The number of rotatable bonds is 6. The molecule has 0 amide bonds. The van der Waals surface area contributed by atoms with E-state index in [-0.39, 0.29) is 6.61 Å². The zero-order chi connectivity index (χ0) is 15.2. The average molecular weight is 351 g/mol. The highest BCUT2D eigenvalue weighted by molar-refractivity contribution is 9.10. The van der Waals surface area contributed by atoms with E-state index in [0.717, 1.165) is 15.6 Å². The number of halogens is 1. The van der Waals surface area contributed by atoms with Crippen LogP contribution in [0.1, 0.15) is 23.6 Å². The summed E-state index contributed by atoms with van der Waals surface area (Å²) in [6, 6.07) is 11.9. The second-order valence-corrected chi connectivity index (χ2v) is 5.62. The van der Waals surface area contributed by atoms with Crippen molar-refractivity contribution in [3.05, 3.63) is 57.6 Å². The third kappa shape index (κ3) is 4.22. The van der Waals surface area contributed by atoms with E-state index in [0.29, 0.717) is 24.7 Å². The van der Waals surface area contributed by atoms with Crippen molar-refractivity contribution in [1.82, 2.24) is 0 Å². The van der Waals surface area contributed by atoms with Crippen LogP contribution >= 0.6 is 15.9 Å². The van der Waals surface area contributed by atoms with E-state index in [1.54, 1.807) is 6.07 Å². The Kier molecular flexibility index (Phi) is 5.65. The van der Waals surface area contributed by atoms with E-state index in [4.69, 9.17) is 9.47 Å². The van der Waals surface area contributed by atoms with Gasteiger partial charge in [0, 0.05) is 0 Å². The van der Waals surface area contributed by atoms with Gasteiger partial charge in [-0.3, -0.25) is 0 Å². The van der Waals surface area contributed by atoms with Gasteiger partial charge in [0.25, 0.3) is 0 Å². The van der Waals surface area contributed by atoms with E-state index in [9.17, 15) is 5.11 Å². The van der Waals surface area contributed by atoms with Crippen molar-refractivity contribution in [1.29, 1.82) is 0 Å². The summed E-state index contributed by atoms with van der Waals surface area (Å²) in [7, 11) is 0. The Morgan fingerprint density at radius 1 is 1.05 bits per heavy atom. The number of aryl methyl sites for hydroxylation is 1. The first-order chi connectivity index (χ1) is 10.1. The Morgan fingerprint density at radius 3 is 2.38 bits per heavy atom. The van der Waals surface area contributed by atoms with Gasteiger partial charge in [-0.15, -0.1) is 0 Å². The monoisotopic (exact) mass is 350 g/mol. The smallest absolute Gasteiger partial charge is 0.175 e. The summed E-state index contributed by atoms with van der Waals surface area (Å²) in [6.45, 7) is 4.96. The van der Waals surface area contributed by atoms with E-state index in [1.165, 1.54) is 5.56 Å². The third-order valence-electron chi connectivity index (χ3n) is 3.06. The maximum atomic E-state index is 9.26. The van der Waals surface area contributed by atoms with Crippen molar-refractivity contribution in [2.24, 2.45) is 0 Å². The van der Waals surface area contributed by atoms with Gasteiger partial charge in [-0.05, 0) is 53.0 Å². The molecule has 0 heterocycles. The van der Waals surface area contributed by atoms with Crippen LogP contribution in [0.5, 0.6) is 11.5 Å². The molecule has 1 N–H and O–H groups in total. The predicted molar refractivity (Wildman–Crippen MR) is 86.7 cm³/mol. The highest BCUT2D eigenvalue weighted by Crippen LogP contribution is 2.37. The van der Waals surface area contributed by atoms with Crippen molar-refractivity contribution >= 4 is 15.9 Å². The minimum absolute atomic E-state index is 0.0308. The molecular formula is C17H19BrO3. The first-order valence-corrected chi connectivity index (χ1v) is 7.67. The maximum absolute atomic E-state index is 9.26. The Labute approximate surface area is 133 Å². The molecule has 0 aliphatic rings. The van der Waals surface area contributed by atoms with Crippen LogP contribution in [0, 0.1) is 6.92 Å². The van der Waals surface area contributed by atoms with E-state index in [1.807, 2.05) is 25.1 Å². The summed E-state index contributed by atoms with van der Waals surface area (Å²) in [5.74, 6) is 1.30. The zero-order valence-electron chi connectivity index (χ0n) is 12.2. The molecule has 3 nitrogen and oxygen atoms in total. The summed E-state index contributed by atoms with van der Waals surface area (Å²) in [6.07, 6.45) is 0. The molecule has 0 aliphatic carbocycles. The highest BCUT2D eigenvalue weighted by Gasteiger charge is 2.12. The van der Waals surface area contributed by atoms with Crippen LogP contribution in [0.3, 0.4) is 0 Å². The van der Waals surface area contributed by atoms with Crippen molar-refractivity contribution in [3.63, 3.8) is 0 Å². The van der Waals surface area contributed by atoms with Gasteiger partial charge in [-0.2, -0.15) is 0 Å². The third-order valence-corrected chi connectivity index (χ3v) is 3.64. The topological polar surface area (TPSA) is 38.7 Å². The van der Waals surface area contributed by atoms with Crippen LogP contribution in [0.15, 0.2) is 40.9 Å². The molecule has 0 aromatic heterocycles. The van der Waals surface area contributed by atoms with Crippen LogP contribution in [0.4, 0.5) is 0 Å². The molecule has 0 unspecified atom stereocenters. The van der Waals surface area contributed by atoms with Crippen LogP contribution < -0.4 is 9.47 Å². The van der Waals surface area contributed by atoms with Crippen LogP contribution in [0.2, 0.25) is 0 Å². The van der Waals surface area contributed by atoms with E-state index < -0.39 is 0 Å². The van der Waals surface area contributed by atoms with Crippen LogP contribution in [-0.4, -0.2) is 11.7 Å². The Bertz CT molecular complexity index is 594. The lowest BCUT2D eigenvalue weighted by atomic mass is 10.1. The molecule has 21 heavy (non-hydrogen) atoms. The molecule has 0 saturated carbocycles. The molecule has 0 bridgehead atoms. The molecule has 2 rings (SSSR count). The number of hydrogen-bond acceptors (Lipinski definition) is 3. The minimum Gasteiger partial charge on any atom is -0.490 e. The summed E-state index contributed by atoms with van der Waals surface area (Å²) in [4.78, 5) is 0. The number of aliphatic hydroxyl groups excluding tert-OH is 1. The molecular weight excluding hydrogens is 332 g/mol. The second-order valence-electron chi connectivity index (χ2n) is 4.77. The average Bonchev–Trinajstić information content (AvgIpc) is 2.48. The molecule has 0 saturated heterocycles. The lowest BCUT2D eigenvalue weighted by molar-refractivity contribution is 0.262. The standard InChI is InChI=1S/C17H19BrO3/c1-3-20-16-9-14(10-19)8-15(18)17(16)21-11-13-6-4-12(2)5-7-13/h4-9,19H,3,10-11H2,1-2H3. The second kappa shape index (κ2) is 7.48. The van der Waals surface area contributed by atoms with Crippen LogP contribution in [0.25, 0.3) is 0 Å². The van der Waals surface area contributed by atoms with Crippen molar-refractivity contribution in [3.8, 4) is 11.5 Å². The SMILES string of the molecule is CCOc1cc(CO)cc(Br)c1OCc1ccc(C)cc1. The summed E-state index contributed by atoms with van der Waals surface area (Å²) in [5, 5.41) is 9.26. The van der Waals surface area contributed by atoms with Gasteiger partial charge >= 0.3 is 0 Å². The molecule has 4 heteroatoms. The summed E-state index contributed by atoms with van der Waals surface area (Å²) in [5.41, 5.74) is 3.11. The fraction of sp³-hybridized carbons (Fsp3) is 0.294. The van der Waals surface area contributed by atoms with E-state index in [2.05, 4.69) is 35.0 Å². The summed E-state index contributed by atoms with van der Waals surface area (Å²) < 4.78 is 12.3. The molecule has 2 aromatic rings. The number of aliphatic hydroxyl groups is 1. The molecule has 2 aromatic carbocycles. The van der Waals surface area contributed by atoms with Gasteiger partial charge < -0.3 is 14.6 Å². The molecule has 0 radical (unpaired) electrons. The van der Waals surface area contributed by atoms with Gasteiger partial charge in [0.15, 0.2) is 11.5 Å². The van der Waals surface area contributed by atoms with Crippen molar-refractivity contribution in [2.75, 3.05) is 6.61 Å². The Balaban J connectivity index is 2.19. The van der Waals surface area contributed by atoms with Gasteiger partial charge in [0.2, 0.25) is 0 Å². The number of hydrogen-bond donors (Lipinski definition) is 1. The molecule has 0 fully saturated rings. The van der Waals surface area contributed by atoms with E-state index >= 15 is 0 Å². The molecule has 112 valence electrons. The lowest BCUT2D eigenvalue weighted by Crippen LogP contribution is -2.01. The van der Waals surface area contributed by atoms with Gasteiger partial charge in [-0.1, -0.05) is 29.8 Å². The highest BCUT2D eigenvalue weighted by atomic mass is 79.9. The van der Waals surface area contributed by atoms with Gasteiger partial charge in [0.1, 0.15) is 6.61 Å². The van der Waals surface area contributed by atoms with Crippen LogP contribution in [-0.2, 0) is 13.2 Å². The van der Waals surface area contributed by atoms with Crippen molar-refractivity contribution < 1.29 is 14.6 Å². The van der Waals surface area contributed by atoms with Crippen molar-refractivity contribution in [2.45, 2.75) is 27.1 Å². The maximum Gasteiger partial charge on any atom is 0.175 e. The predicted octanol–water partition coefficient (Wildman–Crippen LogP) is 4.23. The minimum atomic E-state index is -0.0308. The number of ether oxygens (including phenoxy) is 2. The summed E-state index contributed by atoms with van der Waals surface area (Å²) >= 11 is 3.48. The number of benzene rings is 2. The fourth-order valence-corrected chi connectivity index (χ4v) is 2.56. The first-order valence-electron chi connectivity index (χ1n) is 6.88. The molecule has 0 atom stereocenters. The quantitative estimate of drug-likeness (QED) is 0.847. The van der Waals surface area contributed by atoms with Gasteiger partial charge in [-0.25, -0.2) is 0 Å². The first kappa shape index (κ1) is 15.9. The normalized spacial score (nSPS) is 10.5. The lowest BCUT2D eigenvalue weighted by Gasteiger charge is -2.15. The fourth-order valence-electron chi connectivity index (χ4n) is 1.96. The van der Waals surface area contributed by atoms with Gasteiger partial charge in [0.05, 0.1) is 17.7 Å². The Morgan fingerprint density at radius 2 is 1.76 bits per heavy atom. The Hall–Kier alpha value is -1.52. The molecule has 0 spiro atoms. The molecule has 0 aliphatic heterocycles. The zero-order valence-corrected chi connectivity index (χ0v) is 13.8.